The van der Waals surface area contributed by atoms with Crippen molar-refractivity contribution >= 4 is 46.6 Å². The number of hydrogen-bond donors (Lipinski definition) is 1. The highest BCUT2D eigenvalue weighted by atomic mass is 32.1. The normalized spacial score (nSPS) is 18.9. The van der Waals surface area contributed by atoms with E-state index in [9.17, 15) is 14.0 Å². The van der Waals surface area contributed by atoms with Crippen LogP contribution in [0.15, 0.2) is 54.1 Å². The number of anilines is 2. The smallest absolute Gasteiger partial charge is 0.270 e. The standard InChI is InChI=1S/C22H20FN3O2S/c23-18-6-2-3-7-19(18)26-21(28)17(20(27)24-22(26)29)14-15-8-10-16(11-9-15)25-12-4-1-5-13-25/h2-3,6-11,14H,1,4-5,12-13H2,(H,24,27,29)/b17-14-. The topological polar surface area (TPSA) is 52.7 Å². The van der Waals surface area contributed by atoms with E-state index in [1.54, 1.807) is 6.07 Å². The third-order valence-corrected chi connectivity index (χ3v) is 5.40. The van der Waals surface area contributed by atoms with Crippen LogP contribution in [0.3, 0.4) is 0 Å². The van der Waals surface area contributed by atoms with Crippen molar-refractivity contribution in [3.05, 3.63) is 65.5 Å². The largest absolute Gasteiger partial charge is 0.372 e. The van der Waals surface area contributed by atoms with E-state index in [0.717, 1.165) is 23.7 Å². The van der Waals surface area contributed by atoms with Gasteiger partial charge in [-0.2, -0.15) is 0 Å². The molecule has 2 aromatic rings. The van der Waals surface area contributed by atoms with Crippen molar-refractivity contribution in [2.24, 2.45) is 0 Å². The van der Waals surface area contributed by atoms with Crippen LogP contribution in [0.1, 0.15) is 24.8 Å². The molecule has 2 aromatic carbocycles. The molecule has 0 aliphatic carbocycles. The molecular weight excluding hydrogens is 389 g/mol. The first-order valence-corrected chi connectivity index (χ1v) is 9.96. The second kappa shape index (κ2) is 8.13. The van der Waals surface area contributed by atoms with Crippen LogP contribution in [0.4, 0.5) is 15.8 Å². The Balaban J connectivity index is 1.62. The second-order valence-electron chi connectivity index (χ2n) is 7.05. The highest BCUT2D eigenvalue weighted by molar-refractivity contribution is 7.80. The lowest BCUT2D eigenvalue weighted by Crippen LogP contribution is -2.54. The third-order valence-electron chi connectivity index (χ3n) is 5.12. The summed E-state index contributed by atoms with van der Waals surface area (Å²) in [6.07, 6.45) is 5.14. The SMILES string of the molecule is O=C1NC(=S)N(c2ccccc2F)C(=O)/C1=C\c1ccc(N2CCCCC2)cc1. The number of nitrogens with zero attached hydrogens (tertiary/aromatic N) is 2. The van der Waals surface area contributed by atoms with Gasteiger partial charge in [-0.15, -0.1) is 0 Å². The molecule has 2 amide bonds. The van der Waals surface area contributed by atoms with Crippen molar-refractivity contribution in [3.63, 3.8) is 0 Å². The molecule has 7 heteroatoms. The van der Waals surface area contributed by atoms with Gasteiger partial charge < -0.3 is 4.90 Å². The first-order chi connectivity index (χ1) is 14.0. The number of para-hydroxylation sites is 1. The van der Waals surface area contributed by atoms with Gasteiger partial charge in [0.1, 0.15) is 11.4 Å². The number of piperidine rings is 1. The number of rotatable bonds is 3. The molecule has 0 spiro atoms. The Labute approximate surface area is 173 Å². The summed E-state index contributed by atoms with van der Waals surface area (Å²) in [5.74, 6) is -1.83. The number of halogens is 1. The number of hydrogen-bond acceptors (Lipinski definition) is 4. The van der Waals surface area contributed by atoms with Crippen molar-refractivity contribution in [3.8, 4) is 0 Å². The summed E-state index contributed by atoms with van der Waals surface area (Å²) < 4.78 is 14.2. The van der Waals surface area contributed by atoms with E-state index in [2.05, 4.69) is 10.2 Å². The number of thiocarbonyl (C=S) groups is 1. The van der Waals surface area contributed by atoms with E-state index >= 15 is 0 Å². The fourth-order valence-electron chi connectivity index (χ4n) is 3.61. The zero-order valence-corrected chi connectivity index (χ0v) is 16.5. The maximum Gasteiger partial charge on any atom is 0.270 e. The zero-order valence-electron chi connectivity index (χ0n) is 15.7. The van der Waals surface area contributed by atoms with Gasteiger partial charge in [-0.3, -0.25) is 14.9 Å². The zero-order chi connectivity index (χ0) is 20.4. The van der Waals surface area contributed by atoms with Crippen molar-refractivity contribution in [2.75, 3.05) is 22.9 Å². The molecule has 2 heterocycles. The highest BCUT2D eigenvalue weighted by Crippen LogP contribution is 2.25. The van der Waals surface area contributed by atoms with Crippen LogP contribution in [0, 0.1) is 5.82 Å². The van der Waals surface area contributed by atoms with Gasteiger partial charge in [0, 0.05) is 18.8 Å². The summed E-state index contributed by atoms with van der Waals surface area (Å²) in [7, 11) is 0. The maximum absolute atomic E-state index is 14.2. The van der Waals surface area contributed by atoms with Crippen LogP contribution in [0.5, 0.6) is 0 Å². The van der Waals surface area contributed by atoms with E-state index < -0.39 is 17.6 Å². The molecule has 5 nitrogen and oxygen atoms in total. The van der Waals surface area contributed by atoms with Crippen molar-refractivity contribution in [1.82, 2.24) is 5.32 Å². The molecule has 2 aliphatic rings. The molecule has 0 aromatic heterocycles. The molecule has 0 unspecified atom stereocenters. The number of nitrogens with one attached hydrogen (secondary N) is 1. The molecule has 0 atom stereocenters. The molecule has 0 bridgehead atoms. The van der Waals surface area contributed by atoms with Gasteiger partial charge in [-0.25, -0.2) is 9.29 Å². The van der Waals surface area contributed by atoms with Gasteiger partial charge in [0.05, 0.1) is 5.69 Å². The average Bonchev–Trinajstić information content (AvgIpc) is 2.73. The fraction of sp³-hybridized carbons (Fsp3) is 0.227. The molecule has 1 N–H and O–H groups in total. The maximum atomic E-state index is 14.2. The Bertz CT molecular complexity index is 997. The predicted octanol–water partition coefficient (Wildman–Crippen LogP) is 3.65. The van der Waals surface area contributed by atoms with Crippen molar-refractivity contribution in [1.29, 1.82) is 0 Å². The quantitative estimate of drug-likeness (QED) is 0.478. The summed E-state index contributed by atoms with van der Waals surface area (Å²) in [4.78, 5) is 28.7. The van der Waals surface area contributed by atoms with Crippen LogP contribution in [0.2, 0.25) is 0 Å². The number of amides is 2. The minimum atomic E-state index is -0.649. The lowest BCUT2D eigenvalue weighted by atomic mass is 10.1. The Hall–Kier alpha value is -3.06. The van der Waals surface area contributed by atoms with Crippen LogP contribution in [-0.4, -0.2) is 30.0 Å². The lowest BCUT2D eigenvalue weighted by molar-refractivity contribution is -0.122. The summed E-state index contributed by atoms with van der Waals surface area (Å²) in [5, 5.41) is 2.34. The monoisotopic (exact) mass is 409 g/mol. The first-order valence-electron chi connectivity index (χ1n) is 9.55. The van der Waals surface area contributed by atoms with E-state index in [4.69, 9.17) is 12.2 Å². The number of carbonyl (C=O) groups excluding carboxylic acids is 2. The summed E-state index contributed by atoms with van der Waals surface area (Å²) in [5.41, 5.74) is 1.76. The Morgan fingerprint density at radius 3 is 2.34 bits per heavy atom. The van der Waals surface area contributed by atoms with Crippen LogP contribution in [0.25, 0.3) is 6.08 Å². The van der Waals surface area contributed by atoms with Gasteiger partial charge in [0.2, 0.25) is 0 Å². The van der Waals surface area contributed by atoms with Crippen LogP contribution < -0.4 is 15.1 Å². The number of carbonyl (C=O) groups is 2. The van der Waals surface area contributed by atoms with Crippen molar-refractivity contribution < 1.29 is 14.0 Å². The molecule has 4 rings (SSSR count). The second-order valence-corrected chi connectivity index (χ2v) is 7.44. The molecule has 0 radical (unpaired) electrons. The third kappa shape index (κ3) is 3.91. The van der Waals surface area contributed by atoms with Crippen molar-refractivity contribution in [2.45, 2.75) is 19.3 Å². The van der Waals surface area contributed by atoms with E-state index in [0.29, 0.717) is 5.56 Å². The van der Waals surface area contributed by atoms with E-state index in [-0.39, 0.29) is 16.4 Å². The number of benzene rings is 2. The first kappa shape index (κ1) is 19.3. The minimum Gasteiger partial charge on any atom is -0.372 e. The van der Waals surface area contributed by atoms with Gasteiger partial charge in [-0.05, 0) is 67.4 Å². The summed E-state index contributed by atoms with van der Waals surface area (Å²) in [6.45, 7) is 2.08. The Morgan fingerprint density at radius 1 is 0.966 bits per heavy atom. The lowest BCUT2D eigenvalue weighted by Gasteiger charge is -2.29. The molecule has 29 heavy (non-hydrogen) atoms. The molecular formula is C22H20FN3O2S. The molecule has 2 aliphatic heterocycles. The van der Waals surface area contributed by atoms with Gasteiger partial charge in [0.15, 0.2) is 5.11 Å². The molecule has 148 valence electrons. The van der Waals surface area contributed by atoms with Gasteiger partial charge >= 0.3 is 0 Å². The Morgan fingerprint density at radius 2 is 1.66 bits per heavy atom. The molecule has 2 saturated heterocycles. The average molecular weight is 409 g/mol. The van der Waals surface area contributed by atoms with E-state index in [1.165, 1.54) is 43.5 Å². The molecule has 2 fully saturated rings. The van der Waals surface area contributed by atoms with Crippen LogP contribution >= 0.6 is 12.2 Å². The van der Waals surface area contributed by atoms with E-state index in [1.807, 2.05) is 24.3 Å². The fourth-order valence-corrected chi connectivity index (χ4v) is 3.88. The minimum absolute atomic E-state index is 0.00819. The predicted molar refractivity (Wildman–Crippen MR) is 115 cm³/mol. The summed E-state index contributed by atoms with van der Waals surface area (Å²) >= 11 is 5.10. The highest BCUT2D eigenvalue weighted by Gasteiger charge is 2.35. The van der Waals surface area contributed by atoms with Gasteiger partial charge in [-0.1, -0.05) is 24.3 Å². The molecule has 0 saturated carbocycles. The van der Waals surface area contributed by atoms with Gasteiger partial charge in [0.25, 0.3) is 11.8 Å². The summed E-state index contributed by atoms with van der Waals surface area (Å²) in [6, 6.07) is 13.5. The Kier molecular flexibility index (Phi) is 5.40. The van der Waals surface area contributed by atoms with Crippen LogP contribution in [-0.2, 0) is 9.59 Å².